The molecule has 1 aromatic rings. The van der Waals surface area contributed by atoms with Gasteiger partial charge in [-0.3, -0.25) is 0 Å². The Balaban J connectivity index is 1.84. The van der Waals surface area contributed by atoms with Gasteiger partial charge in [-0.2, -0.15) is 0 Å². The smallest absolute Gasteiger partial charge is 0.214 e. The van der Waals surface area contributed by atoms with Crippen molar-refractivity contribution >= 4 is 21.4 Å². The van der Waals surface area contributed by atoms with Crippen molar-refractivity contribution in [3.63, 3.8) is 0 Å². The van der Waals surface area contributed by atoms with Gasteiger partial charge in [0.1, 0.15) is 0 Å². The molecule has 2 rings (SSSR count). The van der Waals surface area contributed by atoms with E-state index in [0.717, 1.165) is 23.5 Å². The average Bonchev–Trinajstić information content (AvgIpc) is 2.86. The summed E-state index contributed by atoms with van der Waals surface area (Å²) in [5, 5.41) is 6.75. The molecule has 0 aromatic carbocycles. The average molecular weight is 332 g/mol. The largest absolute Gasteiger partial charge is 0.306 e. The van der Waals surface area contributed by atoms with E-state index in [1.54, 1.807) is 15.6 Å². The van der Waals surface area contributed by atoms with Crippen LogP contribution in [0.2, 0.25) is 0 Å². The molecule has 21 heavy (non-hydrogen) atoms. The number of thiazole rings is 1. The minimum Gasteiger partial charge on any atom is -0.306 e. The highest BCUT2D eigenvalue weighted by atomic mass is 32.2. The normalized spacial score (nSPS) is 19.8. The van der Waals surface area contributed by atoms with Gasteiger partial charge in [0, 0.05) is 30.6 Å². The first-order valence-corrected chi connectivity index (χ1v) is 10.1. The number of sulfonamides is 1. The molecule has 2 heterocycles. The van der Waals surface area contributed by atoms with Gasteiger partial charge in [-0.15, -0.1) is 11.3 Å². The number of hydrogen-bond acceptors (Lipinski definition) is 5. The second-order valence-corrected chi connectivity index (χ2v) is 8.82. The molecule has 0 spiro atoms. The van der Waals surface area contributed by atoms with E-state index in [2.05, 4.69) is 22.6 Å². The van der Waals surface area contributed by atoms with Crippen molar-refractivity contribution in [2.24, 2.45) is 0 Å². The lowest BCUT2D eigenvalue weighted by molar-refractivity contribution is 0.276. The molecule has 5 nitrogen and oxygen atoms in total. The van der Waals surface area contributed by atoms with Crippen molar-refractivity contribution in [2.45, 2.75) is 52.1 Å². The van der Waals surface area contributed by atoms with Crippen LogP contribution in [0.15, 0.2) is 5.38 Å². The highest BCUT2D eigenvalue weighted by Gasteiger charge is 2.28. The molecule has 0 radical (unpaired) electrons. The summed E-state index contributed by atoms with van der Waals surface area (Å²) in [4.78, 5) is 4.50. The predicted octanol–water partition coefficient (Wildman–Crippen LogP) is 2.31. The maximum absolute atomic E-state index is 12.0. The van der Waals surface area contributed by atoms with E-state index in [-0.39, 0.29) is 11.8 Å². The lowest BCUT2D eigenvalue weighted by Crippen LogP contribution is -2.46. The Hall–Kier alpha value is -0.500. The number of nitrogens with one attached hydrogen (secondary N) is 1. The minimum absolute atomic E-state index is 0.221. The van der Waals surface area contributed by atoms with Gasteiger partial charge in [-0.05, 0) is 33.1 Å². The molecule has 1 aromatic heterocycles. The van der Waals surface area contributed by atoms with Crippen LogP contribution in [-0.2, 0) is 10.0 Å². The fraction of sp³-hybridized carbons (Fsp3) is 0.786. The van der Waals surface area contributed by atoms with Crippen molar-refractivity contribution < 1.29 is 8.42 Å². The molecule has 0 aliphatic carbocycles. The van der Waals surface area contributed by atoms with E-state index < -0.39 is 10.0 Å². The Bertz CT molecular complexity index is 548. The third-order valence-electron chi connectivity index (χ3n) is 3.88. The Labute approximate surface area is 131 Å². The van der Waals surface area contributed by atoms with E-state index in [0.29, 0.717) is 25.6 Å². The monoisotopic (exact) mass is 331 g/mol. The summed E-state index contributed by atoms with van der Waals surface area (Å²) in [6.45, 7) is 7.29. The standard InChI is InChI=1S/C14H25N3O2S2/c1-4-9-21(18,19)17-7-5-13(6-8-17)15-11(2)14-10-20-12(3)16-14/h10-11,13,15H,4-9H2,1-3H3. The van der Waals surface area contributed by atoms with Crippen LogP contribution >= 0.6 is 11.3 Å². The van der Waals surface area contributed by atoms with Crippen LogP contribution < -0.4 is 5.32 Å². The van der Waals surface area contributed by atoms with Crippen molar-refractivity contribution in [1.82, 2.24) is 14.6 Å². The molecule has 0 amide bonds. The van der Waals surface area contributed by atoms with Gasteiger partial charge >= 0.3 is 0 Å². The topological polar surface area (TPSA) is 62.3 Å². The number of aromatic nitrogens is 1. The maximum atomic E-state index is 12.0. The zero-order chi connectivity index (χ0) is 15.5. The molecule has 0 saturated carbocycles. The third kappa shape index (κ3) is 4.48. The Morgan fingerprint density at radius 3 is 2.67 bits per heavy atom. The van der Waals surface area contributed by atoms with Crippen molar-refractivity contribution in [2.75, 3.05) is 18.8 Å². The van der Waals surface area contributed by atoms with Crippen LogP contribution in [0, 0.1) is 6.92 Å². The zero-order valence-electron chi connectivity index (χ0n) is 13.0. The Kier molecular flexibility index (Phi) is 5.76. The lowest BCUT2D eigenvalue weighted by atomic mass is 10.1. The first kappa shape index (κ1) is 16.9. The fourth-order valence-corrected chi connectivity index (χ4v) is 4.95. The molecule has 1 unspecified atom stereocenters. The summed E-state index contributed by atoms with van der Waals surface area (Å²) >= 11 is 1.67. The van der Waals surface area contributed by atoms with Crippen LogP contribution in [0.5, 0.6) is 0 Å². The number of aryl methyl sites for hydroxylation is 1. The second-order valence-electron chi connectivity index (χ2n) is 5.67. The van der Waals surface area contributed by atoms with E-state index in [9.17, 15) is 8.42 Å². The summed E-state index contributed by atoms with van der Waals surface area (Å²) in [5.74, 6) is 0.263. The molecule has 1 N–H and O–H groups in total. The summed E-state index contributed by atoms with van der Waals surface area (Å²) in [7, 11) is -3.04. The van der Waals surface area contributed by atoms with Gasteiger partial charge in [0.2, 0.25) is 10.0 Å². The number of hydrogen-bond donors (Lipinski definition) is 1. The first-order chi connectivity index (χ1) is 9.92. The fourth-order valence-electron chi connectivity index (χ4n) is 2.71. The Morgan fingerprint density at radius 2 is 2.14 bits per heavy atom. The van der Waals surface area contributed by atoms with Gasteiger partial charge in [0.15, 0.2) is 0 Å². The third-order valence-corrected chi connectivity index (χ3v) is 6.74. The molecule has 1 aliphatic heterocycles. The quantitative estimate of drug-likeness (QED) is 0.869. The van der Waals surface area contributed by atoms with Crippen molar-refractivity contribution in [3.8, 4) is 0 Å². The molecule has 120 valence electrons. The van der Waals surface area contributed by atoms with Gasteiger partial charge in [0.05, 0.1) is 16.5 Å². The van der Waals surface area contributed by atoms with Crippen LogP contribution in [0.1, 0.15) is 49.9 Å². The minimum atomic E-state index is -3.04. The number of piperidine rings is 1. The molecular formula is C14H25N3O2S2. The van der Waals surface area contributed by atoms with E-state index in [1.165, 1.54) is 0 Å². The van der Waals surface area contributed by atoms with Crippen molar-refractivity contribution in [3.05, 3.63) is 16.1 Å². The molecule has 1 atom stereocenters. The van der Waals surface area contributed by atoms with Crippen molar-refractivity contribution in [1.29, 1.82) is 0 Å². The van der Waals surface area contributed by atoms with Gasteiger partial charge in [-0.25, -0.2) is 17.7 Å². The van der Waals surface area contributed by atoms with Gasteiger partial charge in [-0.1, -0.05) is 6.92 Å². The SMILES string of the molecule is CCCS(=O)(=O)N1CCC(NC(C)c2csc(C)n2)CC1. The molecule has 1 saturated heterocycles. The molecular weight excluding hydrogens is 306 g/mol. The molecule has 7 heteroatoms. The Morgan fingerprint density at radius 1 is 1.48 bits per heavy atom. The summed E-state index contributed by atoms with van der Waals surface area (Å²) in [6.07, 6.45) is 2.42. The zero-order valence-corrected chi connectivity index (χ0v) is 14.6. The predicted molar refractivity (Wildman–Crippen MR) is 87.1 cm³/mol. The summed E-state index contributed by atoms with van der Waals surface area (Å²) < 4.78 is 25.7. The van der Waals surface area contributed by atoms with Crippen LogP contribution in [-0.4, -0.2) is 42.6 Å². The highest BCUT2D eigenvalue weighted by Crippen LogP contribution is 2.20. The van der Waals surface area contributed by atoms with Crippen LogP contribution in [0.4, 0.5) is 0 Å². The number of nitrogens with zero attached hydrogens (tertiary/aromatic N) is 2. The van der Waals surface area contributed by atoms with Gasteiger partial charge < -0.3 is 5.32 Å². The van der Waals surface area contributed by atoms with Crippen LogP contribution in [0.3, 0.4) is 0 Å². The molecule has 1 fully saturated rings. The highest BCUT2D eigenvalue weighted by molar-refractivity contribution is 7.89. The lowest BCUT2D eigenvalue weighted by Gasteiger charge is -2.33. The summed E-state index contributed by atoms with van der Waals surface area (Å²) in [6, 6.07) is 0.592. The molecule has 0 bridgehead atoms. The van der Waals surface area contributed by atoms with Gasteiger partial charge in [0.25, 0.3) is 0 Å². The number of rotatable bonds is 6. The second kappa shape index (κ2) is 7.17. The van der Waals surface area contributed by atoms with Crippen LogP contribution in [0.25, 0.3) is 0 Å². The maximum Gasteiger partial charge on any atom is 0.214 e. The van der Waals surface area contributed by atoms with E-state index in [1.807, 2.05) is 13.8 Å². The molecule has 1 aliphatic rings. The first-order valence-electron chi connectivity index (χ1n) is 7.58. The van der Waals surface area contributed by atoms with E-state index >= 15 is 0 Å². The summed E-state index contributed by atoms with van der Waals surface area (Å²) in [5.41, 5.74) is 1.08. The van der Waals surface area contributed by atoms with E-state index in [4.69, 9.17) is 0 Å².